The minimum Gasteiger partial charge on any atom is -0.490 e. The van der Waals surface area contributed by atoms with Crippen LogP contribution in [0.5, 0.6) is 11.5 Å². The average Bonchev–Trinajstić information content (AvgIpc) is 3.34. The maximum Gasteiger partial charge on any atom is 0.310 e. The zero-order chi connectivity index (χ0) is 23.4. The maximum absolute atomic E-state index is 10.7. The minimum absolute atomic E-state index is 0.0780. The van der Waals surface area contributed by atoms with Crippen molar-refractivity contribution in [1.29, 1.82) is 0 Å². The Hall–Kier alpha value is -4.32. The third-order valence-electron chi connectivity index (χ3n) is 3.63. The molecule has 0 aliphatic rings. The second-order valence-electron chi connectivity index (χ2n) is 5.32. The van der Waals surface area contributed by atoms with Crippen molar-refractivity contribution in [1.82, 2.24) is 4.98 Å². The first-order chi connectivity index (χ1) is 14.9. The van der Waals surface area contributed by atoms with Crippen molar-refractivity contribution in [2.75, 3.05) is 21.3 Å². The SMILES string of the molecule is CO.COc1cc(-c2cnco2)ccc1[N+](=O)[O-].COc1cc(C=O)ccc1[N+](=O)[O-]. The van der Waals surface area contributed by atoms with Gasteiger partial charge in [0.1, 0.15) is 6.29 Å². The maximum atomic E-state index is 10.7. The van der Waals surface area contributed by atoms with Crippen molar-refractivity contribution in [3.8, 4) is 22.8 Å². The Balaban J connectivity index is 0.000000293. The highest BCUT2D eigenvalue weighted by Crippen LogP contribution is 2.31. The lowest BCUT2D eigenvalue weighted by Crippen LogP contribution is -1.94. The molecule has 12 heteroatoms. The van der Waals surface area contributed by atoms with Gasteiger partial charge >= 0.3 is 11.4 Å². The van der Waals surface area contributed by atoms with Crippen molar-refractivity contribution < 1.29 is 33.6 Å². The van der Waals surface area contributed by atoms with E-state index in [-0.39, 0.29) is 22.9 Å². The molecule has 0 bridgehead atoms. The Morgan fingerprint density at radius 3 is 1.97 bits per heavy atom. The van der Waals surface area contributed by atoms with Crippen molar-refractivity contribution in [2.24, 2.45) is 0 Å². The second kappa shape index (κ2) is 12.3. The number of oxazole rings is 1. The quantitative estimate of drug-likeness (QED) is 0.346. The molecule has 0 atom stereocenters. The summed E-state index contributed by atoms with van der Waals surface area (Å²) in [5, 5.41) is 28.1. The van der Waals surface area contributed by atoms with Crippen LogP contribution < -0.4 is 9.47 Å². The van der Waals surface area contributed by atoms with Crippen LogP contribution in [0.1, 0.15) is 10.4 Å². The number of nitrogens with zero attached hydrogens (tertiary/aromatic N) is 3. The number of aldehydes is 1. The van der Waals surface area contributed by atoms with Crippen LogP contribution in [0.15, 0.2) is 53.4 Å². The molecule has 0 aliphatic carbocycles. The topological polar surface area (TPSA) is 168 Å². The lowest BCUT2D eigenvalue weighted by molar-refractivity contribution is -0.385. The summed E-state index contributed by atoms with van der Waals surface area (Å²) >= 11 is 0. The summed E-state index contributed by atoms with van der Waals surface area (Å²) in [7, 11) is 3.70. The van der Waals surface area contributed by atoms with Gasteiger partial charge in [-0.25, -0.2) is 4.98 Å². The number of hydrogen-bond donors (Lipinski definition) is 1. The van der Waals surface area contributed by atoms with Gasteiger partial charge in [-0.2, -0.15) is 0 Å². The van der Waals surface area contributed by atoms with E-state index in [9.17, 15) is 25.0 Å². The van der Waals surface area contributed by atoms with E-state index in [4.69, 9.17) is 19.0 Å². The molecule has 0 spiro atoms. The predicted octanol–water partition coefficient (Wildman–Crippen LogP) is 3.28. The lowest BCUT2D eigenvalue weighted by atomic mass is 10.1. The van der Waals surface area contributed by atoms with Crippen molar-refractivity contribution in [2.45, 2.75) is 0 Å². The summed E-state index contributed by atoms with van der Waals surface area (Å²) in [5.74, 6) is 0.821. The number of carbonyl (C=O) groups is 1. The van der Waals surface area contributed by atoms with Crippen LogP contribution in [0.4, 0.5) is 11.4 Å². The number of benzene rings is 2. The van der Waals surface area contributed by atoms with Gasteiger partial charge < -0.3 is 19.0 Å². The highest BCUT2D eigenvalue weighted by molar-refractivity contribution is 5.76. The smallest absolute Gasteiger partial charge is 0.310 e. The number of nitro groups is 2. The molecule has 3 aromatic rings. The first-order valence-corrected chi connectivity index (χ1v) is 8.34. The van der Waals surface area contributed by atoms with Crippen LogP contribution in [0.2, 0.25) is 0 Å². The van der Waals surface area contributed by atoms with Gasteiger partial charge in [-0.05, 0) is 24.3 Å². The van der Waals surface area contributed by atoms with Gasteiger partial charge in [-0.3, -0.25) is 25.0 Å². The molecule has 0 fully saturated rings. The van der Waals surface area contributed by atoms with Crippen LogP contribution >= 0.6 is 0 Å². The molecule has 1 N–H and O–H groups in total. The van der Waals surface area contributed by atoms with Crippen LogP contribution in [0.3, 0.4) is 0 Å². The average molecular weight is 433 g/mol. The van der Waals surface area contributed by atoms with Crippen LogP contribution in [0.25, 0.3) is 11.3 Å². The molecule has 0 unspecified atom stereocenters. The normalized spacial score (nSPS) is 9.29. The van der Waals surface area contributed by atoms with Crippen LogP contribution in [-0.2, 0) is 0 Å². The van der Waals surface area contributed by atoms with E-state index in [2.05, 4.69) is 4.98 Å². The van der Waals surface area contributed by atoms with Crippen molar-refractivity contribution >= 4 is 17.7 Å². The highest BCUT2D eigenvalue weighted by Gasteiger charge is 2.16. The summed E-state index contributed by atoms with van der Waals surface area (Å²) in [6.07, 6.45) is 3.43. The molecule has 31 heavy (non-hydrogen) atoms. The number of aliphatic hydroxyl groups is 1. The van der Waals surface area contributed by atoms with Gasteiger partial charge in [0, 0.05) is 30.4 Å². The molecule has 0 amide bonds. The molecule has 0 aliphatic heterocycles. The van der Waals surface area contributed by atoms with Crippen molar-refractivity contribution in [3.05, 3.63) is 74.8 Å². The highest BCUT2D eigenvalue weighted by atomic mass is 16.6. The van der Waals surface area contributed by atoms with Gasteiger partial charge in [-0.1, -0.05) is 0 Å². The Morgan fingerprint density at radius 2 is 1.52 bits per heavy atom. The standard InChI is InChI=1S/C10H8N2O4.C8H7NO4.CH4O/c1-15-9-4-7(10-5-11-6-16-10)2-3-8(9)12(13)14;1-13-8-4-6(5-10)2-3-7(8)9(11)12;1-2/h2-6H,1H3;2-5H,1H3;2H,1H3. The number of carbonyl (C=O) groups excluding carboxylic acids is 1. The Labute approximate surface area is 176 Å². The number of hydrogen-bond acceptors (Lipinski definition) is 10. The van der Waals surface area contributed by atoms with Gasteiger partial charge in [0.15, 0.2) is 23.7 Å². The van der Waals surface area contributed by atoms with E-state index in [1.807, 2.05) is 0 Å². The van der Waals surface area contributed by atoms with Gasteiger partial charge in [0.2, 0.25) is 0 Å². The molecule has 0 saturated heterocycles. The van der Waals surface area contributed by atoms with Crippen molar-refractivity contribution in [3.63, 3.8) is 0 Å². The molecule has 1 aromatic heterocycles. The Bertz CT molecular complexity index is 1020. The van der Waals surface area contributed by atoms with Crippen LogP contribution in [-0.4, -0.2) is 47.6 Å². The number of nitro benzene ring substituents is 2. The number of rotatable bonds is 6. The Kier molecular flexibility index (Phi) is 9.80. The third-order valence-corrected chi connectivity index (χ3v) is 3.63. The minimum atomic E-state index is -0.562. The summed E-state index contributed by atoms with van der Waals surface area (Å²) in [5.41, 5.74) is 0.807. The van der Waals surface area contributed by atoms with Gasteiger partial charge in [0.05, 0.1) is 30.3 Å². The summed E-state index contributed by atoms with van der Waals surface area (Å²) in [6, 6.07) is 8.43. The molecule has 2 aromatic carbocycles. The zero-order valence-corrected chi connectivity index (χ0v) is 16.8. The lowest BCUT2D eigenvalue weighted by Gasteiger charge is -2.02. The summed E-state index contributed by atoms with van der Waals surface area (Å²) in [4.78, 5) is 34.1. The number of methoxy groups -OCH3 is 2. The Morgan fingerprint density at radius 1 is 0.968 bits per heavy atom. The van der Waals surface area contributed by atoms with E-state index in [0.29, 0.717) is 23.2 Å². The third kappa shape index (κ3) is 6.61. The van der Waals surface area contributed by atoms with Crippen LogP contribution in [0, 0.1) is 20.2 Å². The summed E-state index contributed by atoms with van der Waals surface area (Å²) in [6.45, 7) is 0. The molecule has 164 valence electrons. The number of aliphatic hydroxyl groups excluding tert-OH is 1. The second-order valence-corrected chi connectivity index (χ2v) is 5.32. The molecule has 3 rings (SSSR count). The molecule has 0 saturated carbocycles. The molecular weight excluding hydrogens is 414 g/mol. The van der Waals surface area contributed by atoms with Gasteiger partial charge in [0.25, 0.3) is 0 Å². The van der Waals surface area contributed by atoms with E-state index in [1.54, 1.807) is 12.1 Å². The molecular formula is C19H19N3O9. The fourth-order valence-electron chi connectivity index (χ4n) is 2.26. The zero-order valence-electron chi connectivity index (χ0n) is 16.8. The number of ether oxygens (including phenoxy) is 2. The first kappa shape index (κ1) is 24.7. The number of aromatic nitrogens is 1. The monoisotopic (exact) mass is 433 g/mol. The van der Waals surface area contributed by atoms with E-state index in [1.165, 1.54) is 51.1 Å². The first-order valence-electron chi connectivity index (χ1n) is 8.34. The fraction of sp³-hybridized carbons (Fsp3) is 0.158. The van der Waals surface area contributed by atoms with E-state index in [0.717, 1.165) is 7.11 Å². The predicted molar refractivity (Wildman–Crippen MR) is 108 cm³/mol. The van der Waals surface area contributed by atoms with Gasteiger partial charge in [-0.15, -0.1) is 0 Å². The largest absolute Gasteiger partial charge is 0.490 e. The molecule has 12 nitrogen and oxygen atoms in total. The molecule has 0 radical (unpaired) electrons. The summed E-state index contributed by atoms with van der Waals surface area (Å²) < 4.78 is 14.8. The van der Waals surface area contributed by atoms with E-state index < -0.39 is 9.85 Å². The fourth-order valence-corrected chi connectivity index (χ4v) is 2.26. The molecule has 1 heterocycles. The van der Waals surface area contributed by atoms with E-state index >= 15 is 0 Å².